The van der Waals surface area contributed by atoms with E-state index < -0.39 is 53.1 Å². The SMILES string of the molecule is CCCCCCCCCCCCCCC(=O)OC(CCCCCCCCCCC)[C@H](COP(=O)(O)OCCNC(=O)NCCOP(=O)(O)OC[C@@H](CC(C)CCCCCCCCCC)NC(=O)CCCCCCCCCCCCC)NC(=O)CCCCCCCCCCCCC. The predicted molar refractivity (Wildman–Crippen MR) is 399 cm³/mol. The van der Waals surface area contributed by atoms with Gasteiger partial charge >= 0.3 is 27.6 Å². The van der Waals surface area contributed by atoms with Crippen molar-refractivity contribution in [2.75, 3.05) is 39.5 Å². The van der Waals surface area contributed by atoms with Crippen molar-refractivity contribution in [3.63, 3.8) is 0 Å². The van der Waals surface area contributed by atoms with Crippen LogP contribution in [0.4, 0.5) is 4.79 Å². The Hall–Kier alpha value is -2.10. The molecular weight excluding hydrogens is 1250 g/mol. The van der Waals surface area contributed by atoms with E-state index in [2.05, 4.69) is 62.8 Å². The number of phosphoric ester groups is 2. The van der Waals surface area contributed by atoms with Crippen molar-refractivity contribution in [2.24, 2.45) is 5.92 Å². The molecule has 0 heterocycles. The van der Waals surface area contributed by atoms with E-state index in [1.807, 2.05) is 0 Å². The van der Waals surface area contributed by atoms with Crippen LogP contribution in [0.15, 0.2) is 0 Å². The molecule has 0 radical (unpaired) electrons. The highest BCUT2D eigenvalue weighted by Gasteiger charge is 2.32. The molecule has 0 aliphatic carbocycles. The fourth-order valence-corrected chi connectivity index (χ4v) is 14.1. The molecule has 0 aromatic heterocycles. The van der Waals surface area contributed by atoms with Crippen molar-refractivity contribution in [3.8, 4) is 0 Å². The van der Waals surface area contributed by atoms with Gasteiger partial charge in [0.2, 0.25) is 11.8 Å². The van der Waals surface area contributed by atoms with Crippen LogP contribution in [0.1, 0.15) is 408 Å². The Balaban J connectivity index is 5.57. The number of hydrogen-bond donors (Lipinski definition) is 6. The number of urea groups is 1. The number of esters is 1. The first kappa shape index (κ1) is 93.9. The van der Waals surface area contributed by atoms with Crippen molar-refractivity contribution in [1.29, 1.82) is 0 Å². The first-order chi connectivity index (χ1) is 46.6. The number of amides is 4. The van der Waals surface area contributed by atoms with Crippen LogP contribution in [0.2, 0.25) is 0 Å². The molecule has 17 nitrogen and oxygen atoms in total. The lowest BCUT2D eigenvalue weighted by atomic mass is 9.95. The van der Waals surface area contributed by atoms with Gasteiger partial charge in [-0.25, -0.2) is 13.9 Å². The normalized spacial score (nSPS) is 14.2. The summed E-state index contributed by atoms with van der Waals surface area (Å²) in [7, 11) is -9.32. The molecule has 0 aliphatic heterocycles. The van der Waals surface area contributed by atoms with E-state index in [-0.39, 0.29) is 62.8 Å². The second kappa shape index (κ2) is 70.0. The summed E-state index contributed by atoms with van der Waals surface area (Å²) in [5.74, 6) is -0.422. The molecule has 570 valence electrons. The van der Waals surface area contributed by atoms with Crippen LogP contribution in [0.3, 0.4) is 0 Å². The number of phosphoric acid groups is 2. The van der Waals surface area contributed by atoms with Crippen molar-refractivity contribution in [3.05, 3.63) is 0 Å². The first-order valence-electron chi connectivity index (χ1n) is 40.6. The molecule has 0 saturated heterocycles. The van der Waals surface area contributed by atoms with Crippen LogP contribution in [0.5, 0.6) is 0 Å². The van der Waals surface area contributed by atoms with Crippen LogP contribution >= 0.6 is 15.6 Å². The molecule has 0 aromatic carbocycles. The molecule has 96 heavy (non-hydrogen) atoms. The second-order valence-electron chi connectivity index (χ2n) is 28.3. The largest absolute Gasteiger partial charge is 0.472 e. The fraction of sp³-hybridized carbons (Fsp3) is 0.948. The number of rotatable bonds is 76. The van der Waals surface area contributed by atoms with Crippen LogP contribution in [0.25, 0.3) is 0 Å². The summed E-state index contributed by atoms with van der Waals surface area (Å²) in [6, 6.07) is -2.06. The number of unbranched alkanes of at least 4 members (excludes halogenated alkanes) is 46. The van der Waals surface area contributed by atoms with Gasteiger partial charge in [0.05, 0.1) is 38.5 Å². The highest BCUT2D eigenvalue weighted by atomic mass is 31.2. The average molecular weight is 1410 g/mol. The van der Waals surface area contributed by atoms with Crippen LogP contribution in [-0.2, 0) is 46.3 Å². The predicted octanol–water partition coefficient (Wildman–Crippen LogP) is 22.4. The molecule has 0 fully saturated rings. The van der Waals surface area contributed by atoms with Gasteiger partial charge in [-0.1, -0.05) is 350 Å². The molecule has 0 bridgehead atoms. The quantitative estimate of drug-likeness (QED) is 0.0189. The number of hydrogen-bond acceptors (Lipinski definition) is 11. The monoisotopic (exact) mass is 1410 g/mol. The summed E-state index contributed by atoms with van der Waals surface area (Å²) >= 11 is 0. The summed E-state index contributed by atoms with van der Waals surface area (Å²) in [6.07, 6.45) is 61.7. The van der Waals surface area contributed by atoms with E-state index in [4.69, 9.17) is 22.8 Å². The van der Waals surface area contributed by atoms with Gasteiger partial charge in [-0.15, -0.1) is 0 Å². The third-order valence-electron chi connectivity index (χ3n) is 18.7. The van der Waals surface area contributed by atoms with Gasteiger partial charge in [-0.05, 0) is 44.4 Å². The molecule has 4 unspecified atom stereocenters. The molecule has 0 saturated carbocycles. The molecular formula is C77H154N4O13P2. The molecule has 19 heteroatoms. The first-order valence-corrected chi connectivity index (χ1v) is 43.6. The Morgan fingerprint density at radius 1 is 0.354 bits per heavy atom. The standard InChI is InChI=1S/C77H154N4O13P2/c1-7-12-17-22-27-32-35-38-42-47-52-57-62-76(84)94-73(59-54-49-44-39-30-25-20-15-10-4)72(81-75(83)61-56-51-46-41-37-34-29-24-19-14-9-3)69-93-96(88,89)91-66-64-79-77(85)78-63-65-90-95(86,87)92-68-71(67-70(6)58-53-48-43-31-26-21-16-11-5)80-74(82)60-55-50-45-40-36-33-28-23-18-13-8-2/h70-73H,7-69H2,1-6H3,(H,80,82)(H,81,83)(H,86,87)(H,88,89)(H2,78,79,85)/t70?,71-,72+,73?/m1/s1. The zero-order valence-electron chi connectivity index (χ0n) is 63.1. The van der Waals surface area contributed by atoms with Gasteiger partial charge in [0.25, 0.3) is 0 Å². The summed E-state index contributed by atoms with van der Waals surface area (Å²) in [5, 5.41) is 11.2. The molecule has 0 aliphatic rings. The summed E-state index contributed by atoms with van der Waals surface area (Å²) in [5.41, 5.74) is 0. The zero-order valence-corrected chi connectivity index (χ0v) is 64.9. The smallest absolute Gasteiger partial charge is 0.460 e. The summed E-state index contributed by atoms with van der Waals surface area (Å²) < 4.78 is 54.2. The van der Waals surface area contributed by atoms with Crippen molar-refractivity contribution in [1.82, 2.24) is 21.3 Å². The summed E-state index contributed by atoms with van der Waals surface area (Å²) in [4.78, 5) is 74.7. The van der Waals surface area contributed by atoms with Gasteiger partial charge in [-0.2, -0.15) is 0 Å². The second-order valence-corrected chi connectivity index (χ2v) is 31.2. The topological polar surface area (TPSA) is 237 Å². The molecule has 0 rings (SSSR count). The third kappa shape index (κ3) is 66.4. The van der Waals surface area contributed by atoms with Gasteiger partial charge in [-0.3, -0.25) is 32.5 Å². The number of nitrogens with one attached hydrogen (secondary N) is 4. The van der Waals surface area contributed by atoms with Gasteiger partial charge in [0.15, 0.2) is 0 Å². The molecule has 6 N–H and O–H groups in total. The van der Waals surface area contributed by atoms with E-state index in [9.17, 15) is 38.1 Å². The number of carbonyl (C=O) groups excluding carboxylic acids is 4. The Morgan fingerprint density at radius 2 is 0.646 bits per heavy atom. The molecule has 0 aromatic rings. The number of ether oxygens (including phenoxy) is 1. The van der Waals surface area contributed by atoms with Crippen LogP contribution < -0.4 is 21.3 Å². The average Bonchev–Trinajstić information content (AvgIpc) is 1.03. The minimum Gasteiger partial charge on any atom is -0.460 e. The molecule has 4 amide bonds. The molecule has 6 atom stereocenters. The van der Waals surface area contributed by atoms with Crippen molar-refractivity contribution < 1.29 is 60.9 Å². The van der Waals surface area contributed by atoms with E-state index in [0.29, 0.717) is 32.1 Å². The number of carbonyl (C=O) groups is 4. The van der Waals surface area contributed by atoms with Crippen molar-refractivity contribution in [2.45, 2.75) is 426 Å². The zero-order chi connectivity index (χ0) is 70.5. The van der Waals surface area contributed by atoms with E-state index >= 15 is 0 Å². The minimum atomic E-state index is -4.75. The van der Waals surface area contributed by atoms with E-state index in [1.165, 1.54) is 218 Å². The van der Waals surface area contributed by atoms with Crippen LogP contribution in [0, 0.1) is 5.92 Å². The summed E-state index contributed by atoms with van der Waals surface area (Å²) in [6.45, 7) is 11.6. The maximum Gasteiger partial charge on any atom is 0.472 e. The maximum atomic E-state index is 13.7. The Kier molecular flexibility index (Phi) is 68.4. The van der Waals surface area contributed by atoms with Gasteiger partial charge in [0.1, 0.15) is 6.10 Å². The Morgan fingerprint density at radius 3 is 1.00 bits per heavy atom. The third-order valence-corrected chi connectivity index (χ3v) is 20.6. The fourth-order valence-electron chi connectivity index (χ4n) is 12.6. The molecule has 0 spiro atoms. The Labute approximate surface area is 590 Å². The van der Waals surface area contributed by atoms with Crippen molar-refractivity contribution >= 4 is 39.5 Å². The minimum absolute atomic E-state index is 0.0935. The maximum absolute atomic E-state index is 13.7. The lowest BCUT2D eigenvalue weighted by Gasteiger charge is -2.28. The lowest BCUT2D eigenvalue weighted by Crippen LogP contribution is -2.48. The van der Waals surface area contributed by atoms with Gasteiger partial charge < -0.3 is 35.8 Å². The highest BCUT2D eigenvalue weighted by molar-refractivity contribution is 7.47. The Bertz CT molecular complexity index is 1860. The van der Waals surface area contributed by atoms with E-state index in [0.717, 1.165) is 103 Å². The highest BCUT2D eigenvalue weighted by Crippen LogP contribution is 2.44. The van der Waals surface area contributed by atoms with Crippen LogP contribution in [-0.4, -0.2) is 91.3 Å². The van der Waals surface area contributed by atoms with Gasteiger partial charge in [0, 0.05) is 32.4 Å². The lowest BCUT2D eigenvalue weighted by molar-refractivity contribution is -0.152. The van der Waals surface area contributed by atoms with E-state index in [1.54, 1.807) is 0 Å².